The first-order valence-corrected chi connectivity index (χ1v) is 7.96. The van der Waals surface area contributed by atoms with Crippen molar-refractivity contribution in [1.82, 2.24) is 15.1 Å². The van der Waals surface area contributed by atoms with Gasteiger partial charge in [0.15, 0.2) is 0 Å². The van der Waals surface area contributed by atoms with E-state index in [4.69, 9.17) is 4.74 Å². The third-order valence-corrected chi connectivity index (χ3v) is 5.23. The van der Waals surface area contributed by atoms with Crippen LogP contribution in [0.15, 0.2) is 0 Å². The molecular weight excluding hydrogens is 254 g/mol. The maximum atomic E-state index is 11.6. The van der Waals surface area contributed by atoms with Crippen molar-refractivity contribution >= 4 is 6.03 Å². The fourth-order valence-electron chi connectivity index (χ4n) is 3.98. The fraction of sp³-hybridized carbons (Fsp3) is 0.933. The van der Waals surface area contributed by atoms with Gasteiger partial charge in [-0.2, -0.15) is 0 Å². The minimum atomic E-state index is -0.000837. The standard InChI is InChI=1S/C15H27N3O2/c1-17(2)15(19)16-7-11-10-20-14-9-18(8-13(11)14)12-5-3-4-6-12/h11-14H,3-10H2,1-2H3,(H,16,19)/t11-,13-,14-/m1/s1. The highest BCUT2D eigenvalue weighted by Crippen LogP contribution is 2.37. The molecule has 5 heteroatoms. The molecule has 2 aliphatic heterocycles. The molecule has 5 nitrogen and oxygen atoms in total. The Kier molecular flexibility index (Phi) is 4.17. The summed E-state index contributed by atoms with van der Waals surface area (Å²) in [6.45, 7) is 3.82. The Morgan fingerprint density at radius 2 is 2.05 bits per heavy atom. The zero-order chi connectivity index (χ0) is 14.1. The maximum absolute atomic E-state index is 11.6. The van der Waals surface area contributed by atoms with Crippen molar-refractivity contribution in [2.24, 2.45) is 11.8 Å². The van der Waals surface area contributed by atoms with E-state index < -0.39 is 0 Å². The first-order chi connectivity index (χ1) is 9.65. The average molecular weight is 281 g/mol. The minimum Gasteiger partial charge on any atom is -0.376 e. The van der Waals surface area contributed by atoms with Crippen LogP contribution in [0.25, 0.3) is 0 Å². The Morgan fingerprint density at radius 1 is 1.30 bits per heavy atom. The number of hydrogen-bond donors (Lipinski definition) is 1. The van der Waals surface area contributed by atoms with E-state index in [-0.39, 0.29) is 6.03 Å². The van der Waals surface area contributed by atoms with E-state index in [2.05, 4.69) is 10.2 Å². The number of nitrogens with one attached hydrogen (secondary N) is 1. The zero-order valence-electron chi connectivity index (χ0n) is 12.7. The minimum absolute atomic E-state index is 0.000837. The number of carbonyl (C=O) groups is 1. The molecule has 20 heavy (non-hydrogen) atoms. The number of ether oxygens (including phenoxy) is 1. The van der Waals surface area contributed by atoms with Crippen LogP contribution >= 0.6 is 0 Å². The highest BCUT2D eigenvalue weighted by molar-refractivity contribution is 5.73. The number of nitrogens with zero attached hydrogens (tertiary/aromatic N) is 2. The van der Waals surface area contributed by atoms with Gasteiger partial charge in [-0.25, -0.2) is 4.79 Å². The third-order valence-electron chi connectivity index (χ3n) is 5.23. The van der Waals surface area contributed by atoms with Gasteiger partial charge in [0, 0.05) is 51.6 Å². The Hall–Kier alpha value is -0.810. The van der Waals surface area contributed by atoms with E-state index in [9.17, 15) is 4.79 Å². The van der Waals surface area contributed by atoms with E-state index >= 15 is 0 Å². The lowest BCUT2D eigenvalue weighted by Crippen LogP contribution is -2.40. The molecule has 0 unspecified atom stereocenters. The smallest absolute Gasteiger partial charge is 0.316 e. The molecule has 1 N–H and O–H groups in total. The topological polar surface area (TPSA) is 44.8 Å². The second kappa shape index (κ2) is 5.90. The normalized spacial score (nSPS) is 34.4. The second-order valence-corrected chi connectivity index (χ2v) is 6.77. The first-order valence-electron chi connectivity index (χ1n) is 7.96. The molecule has 3 rings (SSSR count). The van der Waals surface area contributed by atoms with E-state index in [1.54, 1.807) is 19.0 Å². The SMILES string of the molecule is CN(C)C(=O)NC[C@@H]1CO[C@@H]2CN(C3CCCC3)C[C@H]12. The van der Waals surface area contributed by atoms with Gasteiger partial charge in [-0.1, -0.05) is 12.8 Å². The van der Waals surface area contributed by atoms with Gasteiger partial charge >= 0.3 is 6.03 Å². The number of likely N-dealkylation sites (tertiary alicyclic amines) is 1. The zero-order valence-corrected chi connectivity index (χ0v) is 12.7. The maximum Gasteiger partial charge on any atom is 0.316 e. The van der Waals surface area contributed by atoms with Crippen LogP contribution in [0.1, 0.15) is 25.7 Å². The molecule has 0 spiro atoms. The first kappa shape index (κ1) is 14.1. The van der Waals surface area contributed by atoms with Crippen LogP contribution in [0.4, 0.5) is 4.79 Å². The third kappa shape index (κ3) is 2.79. The molecule has 3 atom stereocenters. The number of hydrogen-bond acceptors (Lipinski definition) is 3. The molecule has 114 valence electrons. The monoisotopic (exact) mass is 281 g/mol. The highest BCUT2D eigenvalue weighted by Gasteiger charge is 2.45. The van der Waals surface area contributed by atoms with Crippen molar-refractivity contribution in [3.63, 3.8) is 0 Å². The van der Waals surface area contributed by atoms with Gasteiger partial charge in [0.1, 0.15) is 0 Å². The molecule has 2 amide bonds. The van der Waals surface area contributed by atoms with Crippen LogP contribution in [0.5, 0.6) is 0 Å². The predicted molar refractivity (Wildman–Crippen MR) is 77.6 cm³/mol. The molecule has 0 radical (unpaired) electrons. The number of urea groups is 1. The van der Waals surface area contributed by atoms with Crippen LogP contribution in [0, 0.1) is 11.8 Å². The highest BCUT2D eigenvalue weighted by atomic mass is 16.5. The Morgan fingerprint density at radius 3 is 2.75 bits per heavy atom. The Bertz CT molecular complexity index is 355. The van der Waals surface area contributed by atoms with E-state index in [0.717, 1.165) is 32.3 Å². The molecule has 2 saturated heterocycles. The Labute approximate surface area is 121 Å². The van der Waals surface area contributed by atoms with Crippen molar-refractivity contribution < 1.29 is 9.53 Å². The van der Waals surface area contributed by atoms with Crippen LogP contribution in [-0.4, -0.2) is 68.3 Å². The molecule has 3 aliphatic rings. The molecule has 2 heterocycles. The van der Waals surface area contributed by atoms with Gasteiger partial charge in [0.25, 0.3) is 0 Å². The molecule has 0 aromatic heterocycles. The molecule has 0 aromatic carbocycles. The van der Waals surface area contributed by atoms with Crippen LogP contribution in [0.3, 0.4) is 0 Å². The lowest BCUT2D eigenvalue weighted by Gasteiger charge is -2.25. The van der Waals surface area contributed by atoms with Gasteiger partial charge in [-0.05, 0) is 12.8 Å². The lowest BCUT2D eigenvalue weighted by molar-refractivity contribution is 0.0872. The summed E-state index contributed by atoms with van der Waals surface area (Å²) < 4.78 is 5.97. The largest absolute Gasteiger partial charge is 0.376 e. The lowest BCUT2D eigenvalue weighted by atomic mass is 9.93. The van der Waals surface area contributed by atoms with Crippen molar-refractivity contribution in [2.45, 2.75) is 37.8 Å². The summed E-state index contributed by atoms with van der Waals surface area (Å²) in [5, 5.41) is 3.01. The number of carbonyl (C=O) groups excluding carboxylic acids is 1. The van der Waals surface area contributed by atoms with Crippen molar-refractivity contribution in [1.29, 1.82) is 0 Å². The summed E-state index contributed by atoms with van der Waals surface area (Å²) >= 11 is 0. The summed E-state index contributed by atoms with van der Waals surface area (Å²) in [5.41, 5.74) is 0. The van der Waals surface area contributed by atoms with Gasteiger partial charge < -0.3 is 15.0 Å². The van der Waals surface area contributed by atoms with Gasteiger partial charge in [-0.15, -0.1) is 0 Å². The molecule has 0 bridgehead atoms. The fourth-order valence-corrected chi connectivity index (χ4v) is 3.98. The quantitative estimate of drug-likeness (QED) is 0.844. The molecule has 1 aliphatic carbocycles. The molecular formula is C15H27N3O2. The average Bonchev–Trinajstić information content (AvgIpc) is 3.11. The van der Waals surface area contributed by atoms with Gasteiger partial charge in [0.05, 0.1) is 12.7 Å². The summed E-state index contributed by atoms with van der Waals surface area (Å²) in [4.78, 5) is 15.9. The summed E-state index contributed by atoms with van der Waals surface area (Å²) in [5.74, 6) is 1.09. The van der Waals surface area contributed by atoms with Crippen LogP contribution in [-0.2, 0) is 4.74 Å². The molecule has 3 fully saturated rings. The second-order valence-electron chi connectivity index (χ2n) is 6.77. The number of fused-ring (bicyclic) bond motifs is 1. The Balaban J connectivity index is 1.50. The van der Waals surface area contributed by atoms with Crippen LogP contribution < -0.4 is 5.32 Å². The molecule has 1 saturated carbocycles. The van der Waals surface area contributed by atoms with Gasteiger partial charge in [-0.3, -0.25) is 4.90 Å². The van der Waals surface area contributed by atoms with Gasteiger partial charge in [0.2, 0.25) is 0 Å². The van der Waals surface area contributed by atoms with E-state index in [1.165, 1.54) is 25.7 Å². The number of amides is 2. The summed E-state index contributed by atoms with van der Waals surface area (Å²) in [6, 6.07) is 0.792. The van der Waals surface area contributed by atoms with E-state index in [0.29, 0.717) is 17.9 Å². The molecule has 0 aromatic rings. The van der Waals surface area contributed by atoms with Crippen molar-refractivity contribution in [2.75, 3.05) is 40.3 Å². The number of rotatable bonds is 3. The van der Waals surface area contributed by atoms with Crippen LogP contribution in [0.2, 0.25) is 0 Å². The van der Waals surface area contributed by atoms with E-state index in [1.807, 2.05) is 0 Å². The van der Waals surface area contributed by atoms with Crippen molar-refractivity contribution in [3.05, 3.63) is 0 Å². The summed E-state index contributed by atoms with van der Waals surface area (Å²) in [7, 11) is 3.56. The predicted octanol–water partition coefficient (Wildman–Crippen LogP) is 1.15. The van der Waals surface area contributed by atoms with Crippen molar-refractivity contribution in [3.8, 4) is 0 Å². The summed E-state index contributed by atoms with van der Waals surface area (Å²) in [6.07, 6.45) is 5.90.